The van der Waals surface area contributed by atoms with E-state index in [4.69, 9.17) is 5.73 Å². The molecule has 7 heteroatoms. The molecule has 0 aromatic carbocycles. The minimum absolute atomic E-state index is 0.344. The molecule has 1 aliphatic heterocycles. The molecule has 24 heavy (non-hydrogen) atoms. The van der Waals surface area contributed by atoms with Gasteiger partial charge in [-0.25, -0.2) is 15.0 Å². The van der Waals surface area contributed by atoms with E-state index < -0.39 is 0 Å². The van der Waals surface area contributed by atoms with Crippen LogP contribution in [0.1, 0.15) is 30.4 Å². The van der Waals surface area contributed by atoms with Crippen molar-refractivity contribution in [2.45, 2.75) is 33.2 Å². The monoisotopic (exact) mass is 327 g/mol. The standard InChI is InChI=1S/C17H25N7/c1-3-4-15-19-10-14(11-20-15)12-23-5-7-24(8-6-23)16-9-13(2)21-17(18)22-16/h9-11H,3-8,12H2,1-2H3,(H2,18,21,22). The van der Waals surface area contributed by atoms with E-state index in [1.165, 1.54) is 5.56 Å². The van der Waals surface area contributed by atoms with Crippen LogP contribution in [0.15, 0.2) is 18.5 Å². The molecule has 0 atom stereocenters. The Kier molecular flexibility index (Phi) is 5.20. The predicted octanol–water partition coefficient (Wildman–Crippen LogP) is 1.43. The van der Waals surface area contributed by atoms with Crippen molar-refractivity contribution in [3.8, 4) is 0 Å². The fourth-order valence-corrected chi connectivity index (χ4v) is 2.95. The zero-order valence-corrected chi connectivity index (χ0v) is 14.4. The van der Waals surface area contributed by atoms with E-state index in [9.17, 15) is 0 Å². The Bertz CT molecular complexity index is 643. The van der Waals surface area contributed by atoms with Crippen LogP contribution in [0.25, 0.3) is 0 Å². The molecule has 3 heterocycles. The highest BCUT2D eigenvalue weighted by molar-refractivity contribution is 5.43. The summed E-state index contributed by atoms with van der Waals surface area (Å²) >= 11 is 0. The lowest BCUT2D eigenvalue weighted by molar-refractivity contribution is 0.248. The van der Waals surface area contributed by atoms with Gasteiger partial charge in [-0.15, -0.1) is 0 Å². The second-order valence-corrected chi connectivity index (χ2v) is 6.25. The van der Waals surface area contributed by atoms with E-state index in [0.717, 1.165) is 62.9 Å². The molecule has 0 bridgehead atoms. The Morgan fingerprint density at radius 1 is 1.08 bits per heavy atom. The normalized spacial score (nSPS) is 15.7. The van der Waals surface area contributed by atoms with E-state index in [1.54, 1.807) is 0 Å². The number of hydrogen-bond donors (Lipinski definition) is 1. The molecule has 2 aromatic rings. The Labute approximate surface area is 143 Å². The van der Waals surface area contributed by atoms with Gasteiger partial charge in [-0.2, -0.15) is 4.98 Å². The first kappa shape index (κ1) is 16.6. The number of rotatable bonds is 5. The lowest BCUT2D eigenvalue weighted by atomic mass is 10.2. The third-order valence-electron chi connectivity index (χ3n) is 4.19. The van der Waals surface area contributed by atoms with E-state index >= 15 is 0 Å². The molecule has 2 N–H and O–H groups in total. The maximum atomic E-state index is 5.76. The number of nitrogens with zero attached hydrogens (tertiary/aromatic N) is 6. The average molecular weight is 327 g/mol. The molecule has 0 amide bonds. The van der Waals surface area contributed by atoms with Crippen LogP contribution in [0.4, 0.5) is 11.8 Å². The van der Waals surface area contributed by atoms with E-state index in [1.807, 2.05) is 25.4 Å². The Hall–Kier alpha value is -2.28. The summed E-state index contributed by atoms with van der Waals surface area (Å²) in [5, 5.41) is 0. The summed E-state index contributed by atoms with van der Waals surface area (Å²) in [5.74, 6) is 2.20. The molecular weight excluding hydrogens is 302 g/mol. The maximum Gasteiger partial charge on any atom is 0.222 e. The molecule has 0 radical (unpaired) electrons. The van der Waals surface area contributed by atoms with Crippen molar-refractivity contribution in [1.82, 2.24) is 24.8 Å². The van der Waals surface area contributed by atoms with Crippen molar-refractivity contribution < 1.29 is 0 Å². The van der Waals surface area contributed by atoms with Crippen LogP contribution in [0, 0.1) is 6.92 Å². The second kappa shape index (κ2) is 7.53. The van der Waals surface area contributed by atoms with Gasteiger partial charge in [-0.1, -0.05) is 6.92 Å². The van der Waals surface area contributed by atoms with Gasteiger partial charge in [0.25, 0.3) is 0 Å². The summed E-state index contributed by atoms with van der Waals surface area (Å²) < 4.78 is 0. The summed E-state index contributed by atoms with van der Waals surface area (Å²) in [6.45, 7) is 8.82. The SMILES string of the molecule is CCCc1ncc(CN2CCN(c3cc(C)nc(N)n3)CC2)cn1. The highest BCUT2D eigenvalue weighted by Crippen LogP contribution is 2.16. The Morgan fingerprint density at radius 2 is 1.79 bits per heavy atom. The summed E-state index contributed by atoms with van der Waals surface area (Å²) in [7, 11) is 0. The third-order valence-corrected chi connectivity index (χ3v) is 4.19. The van der Waals surface area contributed by atoms with Gasteiger partial charge in [-0.05, 0) is 13.3 Å². The van der Waals surface area contributed by atoms with Gasteiger partial charge in [0.15, 0.2) is 0 Å². The summed E-state index contributed by atoms with van der Waals surface area (Å²) in [4.78, 5) is 22.0. The lowest BCUT2D eigenvalue weighted by Gasteiger charge is -2.35. The van der Waals surface area contributed by atoms with Gasteiger partial charge >= 0.3 is 0 Å². The molecular formula is C17H25N7. The zero-order valence-electron chi connectivity index (χ0n) is 14.4. The largest absolute Gasteiger partial charge is 0.368 e. The predicted molar refractivity (Wildman–Crippen MR) is 94.7 cm³/mol. The summed E-state index contributed by atoms with van der Waals surface area (Å²) in [5.41, 5.74) is 7.83. The summed E-state index contributed by atoms with van der Waals surface area (Å²) in [6.07, 6.45) is 5.94. The first-order valence-corrected chi connectivity index (χ1v) is 8.52. The molecule has 1 aliphatic rings. The quantitative estimate of drug-likeness (QED) is 0.889. The number of nitrogen functional groups attached to an aromatic ring is 1. The van der Waals surface area contributed by atoms with Crippen LogP contribution in [0.2, 0.25) is 0 Å². The van der Waals surface area contributed by atoms with Crippen molar-refractivity contribution in [2.24, 2.45) is 0 Å². The molecule has 2 aromatic heterocycles. The topological polar surface area (TPSA) is 84.1 Å². The number of anilines is 2. The molecule has 0 spiro atoms. The smallest absolute Gasteiger partial charge is 0.222 e. The molecule has 0 saturated carbocycles. The van der Waals surface area contributed by atoms with Crippen LogP contribution >= 0.6 is 0 Å². The molecule has 1 fully saturated rings. The molecule has 1 saturated heterocycles. The van der Waals surface area contributed by atoms with Crippen LogP contribution in [-0.2, 0) is 13.0 Å². The molecule has 0 aliphatic carbocycles. The highest BCUT2D eigenvalue weighted by atomic mass is 15.3. The van der Waals surface area contributed by atoms with Crippen LogP contribution in [-0.4, -0.2) is 51.0 Å². The van der Waals surface area contributed by atoms with Crippen LogP contribution in [0.3, 0.4) is 0 Å². The minimum Gasteiger partial charge on any atom is -0.368 e. The van der Waals surface area contributed by atoms with Crippen molar-refractivity contribution in [3.05, 3.63) is 35.5 Å². The zero-order chi connectivity index (χ0) is 16.9. The maximum absolute atomic E-state index is 5.76. The van der Waals surface area contributed by atoms with Crippen molar-refractivity contribution in [3.63, 3.8) is 0 Å². The van der Waals surface area contributed by atoms with Crippen LogP contribution < -0.4 is 10.6 Å². The molecule has 3 rings (SSSR count). The van der Waals surface area contributed by atoms with E-state index in [-0.39, 0.29) is 0 Å². The number of hydrogen-bond acceptors (Lipinski definition) is 7. The third kappa shape index (κ3) is 4.17. The second-order valence-electron chi connectivity index (χ2n) is 6.25. The van der Waals surface area contributed by atoms with Gasteiger partial charge in [0.2, 0.25) is 5.95 Å². The van der Waals surface area contributed by atoms with Gasteiger partial charge in [0, 0.05) is 68.9 Å². The number of piperazine rings is 1. The van der Waals surface area contributed by atoms with Crippen molar-refractivity contribution in [1.29, 1.82) is 0 Å². The van der Waals surface area contributed by atoms with Gasteiger partial charge in [0.1, 0.15) is 11.6 Å². The number of nitrogens with two attached hydrogens (primary N) is 1. The highest BCUT2D eigenvalue weighted by Gasteiger charge is 2.19. The summed E-state index contributed by atoms with van der Waals surface area (Å²) in [6, 6.07) is 1.99. The van der Waals surface area contributed by atoms with Crippen molar-refractivity contribution >= 4 is 11.8 Å². The molecule has 128 valence electrons. The Morgan fingerprint density at radius 3 is 2.42 bits per heavy atom. The first-order chi connectivity index (χ1) is 11.6. The fourth-order valence-electron chi connectivity index (χ4n) is 2.95. The van der Waals surface area contributed by atoms with Crippen LogP contribution in [0.5, 0.6) is 0 Å². The average Bonchev–Trinajstić information content (AvgIpc) is 2.57. The lowest BCUT2D eigenvalue weighted by Crippen LogP contribution is -2.46. The fraction of sp³-hybridized carbons (Fsp3) is 0.529. The van der Waals surface area contributed by atoms with Crippen molar-refractivity contribution in [2.75, 3.05) is 36.8 Å². The van der Waals surface area contributed by atoms with E-state index in [0.29, 0.717) is 5.95 Å². The minimum atomic E-state index is 0.344. The molecule has 7 nitrogen and oxygen atoms in total. The molecule has 0 unspecified atom stereocenters. The van der Waals surface area contributed by atoms with Gasteiger partial charge in [0.05, 0.1) is 0 Å². The van der Waals surface area contributed by atoms with Gasteiger partial charge in [-0.3, -0.25) is 4.90 Å². The first-order valence-electron chi connectivity index (χ1n) is 8.52. The number of aromatic nitrogens is 4. The van der Waals surface area contributed by atoms with E-state index in [2.05, 4.69) is 36.7 Å². The Balaban J connectivity index is 1.55. The number of aryl methyl sites for hydroxylation is 2. The van der Waals surface area contributed by atoms with Gasteiger partial charge < -0.3 is 10.6 Å².